The summed E-state index contributed by atoms with van der Waals surface area (Å²) < 4.78 is 6.52. The first kappa shape index (κ1) is 18.3. The number of aromatic nitrogens is 2. The molecule has 0 saturated carbocycles. The number of nitrogens with two attached hydrogens (primary N) is 2. The first-order valence-electron chi connectivity index (χ1n) is 8.03. The molecule has 0 bridgehead atoms. The number of aliphatic imine (C=N–C) groups is 1. The summed E-state index contributed by atoms with van der Waals surface area (Å²) in [5.74, 6) is 0.736. The minimum Gasteiger partial charge on any atom is -0.383 e. The Bertz CT molecular complexity index is 746. The Hall–Kier alpha value is -3.05. The molecule has 8 nitrogen and oxygen atoms in total. The third-order valence-electron chi connectivity index (χ3n) is 3.57. The fraction of sp³-hybridized carbons (Fsp3) is 0.353. The van der Waals surface area contributed by atoms with Gasteiger partial charge in [0.1, 0.15) is 17.5 Å². The molecule has 25 heavy (non-hydrogen) atoms. The molecular formula is C17H23N7O. The highest BCUT2D eigenvalue weighted by Gasteiger charge is 2.15. The van der Waals surface area contributed by atoms with Gasteiger partial charge < -0.3 is 21.5 Å². The maximum absolute atomic E-state index is 9.37. The molecule has 8 heteroatoms. The molecule has 1 aromatic heterocycles. The normalized spacial score (nSPS) is 11.3. The van der Waals surface area contributed by atoms with Crippen molar-refractivity contribution in [2.24, 2.45) is 10.7 Å². The minimum absolute atomic E-state index is 0.355. The maximum atomic E-state index is 9.37. The molecular weight excluding hydrogens is 318 g/mol. The highest BCUT2D eigenvalue weighted by Crippen LogP contribution is 2.21. The van der Waals surface area contributed by atoms with Gasteiger partial charge in [0.15, 0.2) is 5.96 Å². The number of hydrogen-bond donors (Lipinski definition) is 3. The molecule has 0 aliphatic rings. The van der Waals surface area contributed by atoms with Gasteiger partial charge in [0.2, 0.25) is 0 Å². The van der Waals surface area contributed by atoms with Crippen molar-refractivity contribution >= 4 is 11.8 Å². The van der Waals surface area contributed by atoms with Gasteiger partial charge in [-0.15, -0.1) is 0 Å². The molecule has 5 N–H and O–H groups in total. The van der Waals surface area contributed by atoms with Gasteiger partial charge in [-0.05, 0) is 25.0 Å². The standard InChI is InChI=1S/C17H23N7O/c1-25-11-10-22-17(20)21-9-5-8-15-14(12-18)16(19)24(23-15)13-6-3-2-4-7-13/h2-4,6-7H,5,8-11,19H2,1H3,(H3,20,21,22). The number of nitriles is 1. The van der Waals surface area contributed by atoms with Crippen LogP contribution in [0.1, 0.15) is 17.7 Å². The van der Waals surface area contributed by atoms with E-state index >= 15 is 0 Å². The van der Waals surface area contributed by atoms with Gasteiger partial charge in [0, 0.05) is 20.2 Å². The fourth-order valence-corrected chi connectivity index (χ4v) is 2.32. The van der Waals surface area contributed by atoms with Gasteiger partial charge >= 0.3 is 0 Å². The topological polar surface area (TPSA) is 127 Å². The second kappa shape index (κ2) is 9.30. The Kier molecular flexibility index (Phi) is 6.80. The lowest BCUT2D eigenvalue weighted by Crippen LogP contribution is -2.34. The third-order valence-corrected chi connectivity index (χ3v) is 3.57. The van der Waals surface area contributed by atoms with Gasteiger partial charge in [0.05, 0.1) is 18.0 Å². The Morgan fingerprint density at radius 3 is 2.84 bits per heavy atom. The SMILES string of the molecule is COCCNC(N)=NCCCc1nn(-c2ccccc2)c(N)c1C#N. The summed E-state index contributed by atoms with van der Waals surface area (Å²) in [4.78, 5) is 4.23. The zero-order valence-corrected chi connectivity index (χ0v) is 14.3. The van der Waals surface area contributed by atoms with Crippen molar-refractivity contribution in [2.75, 3.05) is 32.5 Å². The van der Waals surface area contributed by atoms with E-state index in [9.17, 15) is 5.26 Å². The number of nitrogens with zero attached hydrogens (tertiary/aromatic N) is 4. The average molecular weight is 341 g/mol. The van der Waals surface area contributed by atoms with Crippen LogP contribution in [-0.2, 0) is 11.2 Å². The van der Waals surface area contributed by atoms with E-state index in [2.05, 4.69) is 21.5 Å². The summed E-state index contributed by atoms with van der Waals surface area (Å²) >= 11 is 0. The lowest BCUT2D eigenvalue weighted by atomic mass is 10.1. The number of guanidine groups is 1. The maximum Gasteiger partial charge on any atom is 0.188 e. The average Bonchev–Trinajstić information content (AvgIpc) is 2.95. The molecule has 0 amide bonds. The predicted molar refractivity (Wildman–Crippen MR) is 97.4 cm³/mol. The van der Waals surface area contributed by atoms with Crippen molar-refractivity contribution in [2.45, 2.75) is 12.8 Å². The van der Waals surface area contributed by atoms with Crippen LogP contribution < -0.4 is 16.8 Å². The smallest absolute Gasteiger partial charge is 0.188 e. The van der Waals surface area contributed by atoms with Crippen LogP contribution in [0.15, 0.2) is 35.3 Å². The number of hydrogen-bond acceptors (Lipinski definition) is 5. The number of nitrogen functional groups attached to an aromatic ring is 1. The van der Waals surface area contributed by atoms with Crippen LogP contribution in [0.4, 0.5) is 5.82 Å². The Morgan fingerprint density at radius 1 is 1.40 bits per heavy atom. The molecule has 132 valence electrons. The minimum atomic E-state index is 0.355. The van der Waals surface area contributed by atoms with Crippen LogP contribution in [0, 0.1) is 11.3 Å². The van der Waals surface area contributed by atoms with Crippen LogP contribution in [0.2, 0.25) is 0 Å². The molecule has 0 aliphatic heterocycles. The van der Waals surface area contributed by atoms with Crippen molar-refractivity contribution in [3.05, 3.63) is 41.6 Å². The van der Waals surface area contributed by atoms with Gasteiger partial charge in [-0.1, -0.05) is 18.2 Å². The molecule has 0 atom stereocenters. The zero-order valence-electron chi connectivity index (χ0n) is 14.3. The van der Waals surface area contributed by atoms with E-state index in [4.69, 9.17) is 16.2 Å². The molecule has 0 fully saturated rings. The van der Waals surface area contributed by atoms with Crippen molar-refractivity contribution < 1.29 is 4.74 Å². The van der Waals surface area contributed by atoms with Crippen LogP contribution in [0.3, 0.4) is 0 Å². The lowest BCUT2D eigenvalue weighted by Gasteiger charge is -2.04. The van der Waals surface area contributed by atoms with E-state index in [1.165, 1.54) is 0 Å². The quantitative estimate of drug-likeness (QED) is 0.370. The molecule has 1 aromatic carbocycles. The van der Waals surface area contributed by atoms with Gasteiger partial charge in [-0.2, -0.15) is 10.4 Å². The predicted octanol–water partition coefficient (Wildman–Crippen LogP) is 0.809. The molecule has 0 radical (unpaired) electrons. The Morgan fingerprint density at radius 2 is 2.16 bits per heavy atom. The summed E-state index contributed by atoms with van der Waals surface area (Å²) in [6.07, 6.45) is 1.31. The van der Waals surface area contributed by atoms with E-state index in [0.29, 0.717) is 55.6 Å². The molecule has 0 unspecified atom stereocenters. The molecule has 0 spiro atoms. The number of methoxy groups -OCH3 is 1. The molecule has 2 aromatic rings. The fourth-order valence-electron chi connectivity index (χ4n) is 2.32. The van der Waals surface area contributed by atoms with Crippen LogP contribution in [0.25, 0.3) is 5.69 Å². The monoisotopic (exact) mass is 341 g/mol. The second-order valence-electron chi connectivity index (χ2n) is 5.36. The molecule has 0 aliphatic carbocycles. The number of aryl methyl sites for hydroxylation is 1. The van der Waals surface area contributed by atoms with E-state index in [1.807, 2.05) is 30.3 Å². The largest absolute Gasteiger partial charge is 0.383 e. The number of nitrogens with one attached hydrogen (secondary N) is 1. The number of benzene rings is 1. The highest BCUT2D eigenvalue weighted by molar-refractivity contribution is 5.77. The van der Waals surface area contributed by atoms with E-state index in [0.717, 1.165) is 5.69 Å². The first-order chi connectivity index (χ1) is 12.2. The van der Waals surface area contributed by atoms with E-state index in [-0.39, 0.29) is 0 Å². The van der Waals surface area contributed by atoms with Crippen molar-refractivity contribution in [3.63, 3.8) is 0 Å². The van der Waals surface area contributed by atoms with Crippen molar-refractivity contribution in [1.82, 2.24) is 15.1 Å². The summed E-state index contributed by atoms with van der Waals surface area (Å²) in [7, 11) is 1.63. The van der Waals surface area contributed by atoms with Gasteiger partial charge in [0.25, 0.3) is 0 Å². The summed E-state index contributed by atoms with van der Waals surface area (Å²) in [5, 5.41) is 16.8. The number of anilines is 1. The summed E-state index contributed by atoms with van der Waals surface area (Å²) in [6.45, 7) is 1.72. The Labute approximate surface area is 147 Å². The summed E-state index contributed by atoms with van der Waals surface area (Å²) in [5.41, 5.74) is 13.7. The van der Waals surface area contributed by atoms with Crippen molar-refractivity contribution in [3.8, 4) is 11.8 Å². The second-order valence-corrected chi connectivity index (χ2v) is 5.36. The number of rotatable bonds is 8. The van der Waals surface area contributed by atoms with Crippen LogP contribution >= 0.6 is 0 Å². The molecule has 2 rings (SSSR count). The highest BCUT2D eigenvalue weighted by atomic mass is 16.5. The van der Waals surface area contributed by atoms with Crippen LogP contribution in [0.5, 0.6) is 0 Å². The number of para-hydroxylation sites is 1. The zero-order chi connectivity index (χ0) is 18.1. The van der Waals surface area contributed by atoms with Crippen LogP contribution in [-0.4, -0.2) is 42.5 Å². The third kappa shape index (κ3) is 4.96. The Balaban J connectivity index is 1.99. The summed E-state index contributed by atoms with van der Waals surface area (Å²) in [6, 6.07) is 11.6. The lowest BCUT2D eigenvalue weighted by molar-refractivity contribution is 0.204. The van der Waals surface area contributed by atoms with E-state index < -0.39 is 0 Å². The van der Waals surface area contributed by atoms with E-state index in [1.54, 1.807) is 11.8 Å². The van der Waals surface area contributed by atoms with Gasteiger partial charge in [-0.3, -0.25) is 4.99 Å². The first-order valence-corrected chi connectivity index (χ1v) is 8.03. The van der Waals surface area contributed by atoms with Gasteiger partial charge in [-0.25, -0.2) is 4.68 Å². The molecule has 1 heterocycles. The molecule has 0 saturated heterocycles. The van der Waals surface area contributed by atoms with Crippen molar-refractivity contribution in [1.29, 1.82) is 5.26 Å². The number of ether oxygens (including phenoxy) is 1.